The zero-order valence-corrected chi connectivity index (χ0v) is 9.43. The number of aromatic amines is 1. The Morgan fingerprint density at radius 2 is 2.33 bits per heavy atom. The van der Waals surface area contributed by atoms with Crippen LogP contribution < -0.4 is 21.9 Å². The number of hydrogen-bond donors (Lipinski definition) is 2. The van der Waals surface area contributed by atoms with Gasteiger partial charge in [-0.25, -0.2) is 4.98 Å². The average molecular weight is 242 g/mol. The maximum atomic E-state index is 11.8. The van der Waals surface area contributed by atoms with Crippen LogP contribution in [-0.2, 0) is 11.2 Å². The lowest BCUT2D eigenvalue weighted by Crippen LogP contribution is -2.44. The molecule has 18 heavy (non-hydrogen) atoms. The molecule has 0 fully saturated rings. The van der Waals surface area contributed by atoms with E-state index in [1.54, 1.807) is 12.2 Å². The second-order valence-electron chi connectivity index (χ2n) is 3.81. The molecule has 0 radical (unpaired) electrons. The molecule has 0 spiro atoms. The van der Waals surface area contributed by atoms with Gasteiger partial charge in [0.05, 0.1) is 23.1 Å². The lowest BCUT2D eigenvalue weighted by molar-refractivity contribution is -0.117. The third-order valence-corrected chi connectivity index (χ3v) is 2.45. The van der Waals surface area contributed by atoms with Crippen LogP contribution in [0.3, 0.4) is 0 Å². The molecular weight excluding hydrogens is 232 g/mol. The van der Waals surface area contributed by atoms with Gasteiger partial charge in [0, 0.05) is 5.57 Å². The van der Waals surface area contributed by atoms with Crippen LogP contribution >= 0.6 is 0 Å². The number of fused-ring (bicyclic) bond motifs is 1. The normalized spacial score (nSPS) is 13.2. The number of nitrogens with zero attached hydrogens (tertiary/aromatic N) is 2. The molecule has 3 N–H and O–H groups in total. The number of rotatable bonds is 2. The maximum Gasteiger partial charge on any atom is 0.258 e. The number of aromatic nitrogens is 2. The molecule has 1 aromatic heterocycles. The molecule has 0 atom stereocenters. The molecule has 90 valence electrons. The first-order chi connectivity index (χ1) is 8.60. The maximum absolute atomic E-state index is 11.8. The zero-order valence-electron chi connectivity index (χ0n) is 9.43. The van der Waals surface area contributed by atoms with Gasteiger partial charge in [0.25, 0.3) is 5.56 Å². The van der Waals surface area contributed by atoms with E-state index >= 15 is 0 Å². The van der Waals surface area contributed by atoms with E-state index in [9.17, 15) is 9.59 Å². The van der Waals surface area contributed by atoms with Crippen LogP contribution in [0.25, 0.3) is 12.2 Å². The molecule has 1 aliphatic carbocycles. The number of primary amides is 1. The van der Waals surface area contributed by atoms with E-state index in [-0.39, 0.29) is 17.8 Å². The van der Waals surface area contributed by atoms with Crippen LogP contribution in [0.2, 0.25) is 0 Å². The van der Waals surface area contributed by atoms with Gasteiger partial charge < -0.3 is 10.7 Å². The molecule has 1 heterocycles. The summed E-state index contributed by atoms with van der Waals surface area (Å²) >= 11 is 0. The van der Waals surface area contributed by atoms with E-state index in [0.29, 0.717) is 22.6 Å². The minimum atomic E-state index is -0.563. The van der Waals surface area contributed by atoms with E-state index < -0.39 is 5.91 Å². The minimum absolute atomic E-state index is 0.116. The van der Waals surface area contributed by atoms with Gasteiger partial charge >= 0.3 is 0 Å². The van der Waals surface area contributed by atoms with E-state index in [2.05, 4.69) is 9.97 Å². The Morgan fingerprint density at radius 1 is 1.56 bits per heavy atom. The van der Waals surface area contributed by atoms with Crippen LogP contribution in [0, 0.1) is 11.3 Å². The molecule has 1 aromatic rings. The second kappa shape index (κ2) is 4.67. The Balaban J connectivity index is 2.67. The van der Waals surface area contributed by atoms with E-state index in [4.69, 9.17) is 11.0 Å². The molecule has 0 unspecified atom stereocenters. The van der Waals surface area contributed by atoms with Crippen LogP contribution in [0.15, 0.2) is 16.4 Å². The molecule has 0 aliphatic heterocycles. The molecule has 2 rings (SSSR count). The van der Waals surface area contributed by atoms with Gasteiger partial charge in [-0.1, -0.05) is 12.2 Å². The summed E-state index contributed by atoms with van der Waals surface area (Å²) in [6.07, 6.45) is 5.32. The van der Waals surface area contributed by atoms with Crippen molar-refractivity contribution in [3.63, 3.8) is 0 Å². The Labute approximate surface area is 102 Å². The monoisotopic (exact) mass is 242 g/mol. The number of carbonyl (C=O) groups excluding carboxylic acids is 1. The van der Waals surface area contributed by atoms with Gasteiger partial charge in [0.1, 0.15) is 5.82 Å². The van der Waals surface area contributed by atoms with E-state index in [1.165, 1.54) is 6.08 Å². The van der Waals surface area contributed by atoms with Crippen LogP contribution in [0.1, 0.15) is 12.2 Å². The van der Waals surface area contributed by atoms with Crippen molar-refractivity contribution < 1.29 is 4.79 Å². The topological polar surface area (TPSA) is 113 Å². The fourth-order valence-electron chi connectivity index (χ4n) is 1.68. The molecule has 0 bridgehead atoms. The number of carbonyl (C=O) groups is 1. The molecule has 0 aromatic carbocycles. The highest BCUT2D eigenvalue weighted by molar-refractivity contribution is 5.75. The summed E-state index contributed by atoms with van der Waals surface area (Å²) in [5.41, 5.74) is 5.09. The lowest BCUT2D eigenvalue weighted by Gasteiger charge is -1.97. The summed E-state index contributed by atoms with van der Waals surface area (Å²) in [4.78, 5) is 29.3. The number of hydrogen-bond acceptors (Lipinski definition) is 4. The summed E-state index contributed by atoms with van der Waals surface area (Å²) in [6.45, 7) is 0. The van der Waals surface area contributed by atoms with Crippen molar-refractivity contribution in [1.29, 1.82) is 5.26 Å². The Morgan fingerprint density at radius 3 is 3.00 bits per heavy atom. The summed E-state index contributed by atoms with van der Waals surface area (Å²) in [5.74, 6) is -0.331. The third kappa shape index (κ3) is 2.35. The fourth-order valence-corrected chi connectivity index (χ4v) is 1.68. The first kappa shape index (κ1) is 11.8. The van der Waals surface area contributed by atoms with Crippen LogP contribution in [0.4, 0.5) is 0 Å². The largest absolute Gasteiger partial charge is 0.369 e. The van der Waals surface area contributed by atoms with Crippen molar-refractivity contribution in [2.45, 2.75) is 12.8 Å². The van der Waals surface area contributed by atoms with Gasteiger partial charge in [0.2, 0.25) is 5.91 Å². The van der Waals surface area contributed by atoms with Crippen LogP contribution in [0.5, 0.6) is 0 Å². The van der Waals surface area contributed by atoms with Crippen molar-refractivity contribution in [3.8, 4) is 6.07 Å². The van der Waals surface area contributed by atoms with E-state index in [1.807, 2.05) is 6.07 Å². The van der Waals surface area contributed by atoms with Gasteiger partial charge in [-0.2, -0.15) is 5.26 Å². The van der Waals surface area contributed by atoms with E-state index in [0.717, 1.165) is 0 Å². The SMILES string of the molecule is N#CC1=CCC=c2nc(CC(N)=O)[nH]c(=O)c2=C1. The number of nitrogens with one attached hydrogen (secondary N) is 1. The number of allylic oxidation sites excluding steroid dienone is 2. The average Bonchev–Trinajstić information content (AvgIpc) is 2.50. The number of H-pyrrole nitrogens is 1. The highest BCUT2D eigenvalue weighted by atomic mass is 16.1. The van der Waals surface area contributed by atoms with Crippen molar-refractivity contribution in [2.24, 2.45) is 5.73 Å². The van der Waals surface area contributed by atoms with Crippen molar-refractivity contribution in [3.05, 3.63) is 38.4 Å². The molecule has 0 saturated carbocycles. The predicted octanol–water partition coefficient (Wildman–Crippen LogP) is -1.79. The number of nitriles is 1. The quantitative estimate of drug-likeness (QED) is 0.637. The zero-order chi connectivity index (χ0) is 13.1. The summed E-state index contributed by atoms with van der Waals surface area (Å²) in [5, 5.41) is 9.65. The summed E-state index contributed by atoms with van der Waals surface area (Å²) in [6, 6.07) is 1.99. The molecule has 0 saturated heterocycles. The highest BCUT2D eigenvalue weighted by Gasteiger charge is 2.05. The first-order valence-corrected chi connectivity index (χ1v) is 5.30. The standard InChI is InChI=1S/C12H10N4O2/c13-6-7-2-1-3-9-8(4-7)12(18)16-11(15-9)5-10(14)17/h2-4H,1,5H2,(H2,14,17)(H,15,16,18). The molecule has 1 amide bonds. The third-order valence-electron chi connectivity index (χ3n) is 2.45. The smallest absolute Gasteiger partial charge is 0.258 e. The Hall–Kier alpha value is -2.68. The van der Waals surface area contributed by atoms with Gasteiger partial charge in [-0.3, -0.25) is 9.59 Å². The summed E-state index contributed by atoms with van der Waals surface area (Å²) in [7, 11) is 0. The van der Waals surface area contributed by atoms with Crippen molar-refractivity contribution in [1.82, 2.24) is 9.97 Å². The first-order valence-electron chi connectivity index (χ1n) is 5.30. The minimum Gasteiger partial charge on any atom is -0.369 e. The van der Waals surface area contributed by atoms with Crippen molar-refractivity contribution >= 4 is 18.1 Å². The highest BCUT2D eigenvalue weighted by Crippen LogP contribution is 1.98. The molecule has 1 aliphatic rings. The molecule has 6 nitrogen and oxygen atoms in total. The Bertz CT molecular complexity index is 750. The van der Waals surface area contributed by atoms with Gasteiger partial charge in [0.15, 0.2) is 0 Å². The summed E-state index contributed by atoms with van der Waals surface area (Å²) < 4.78 is 0. The molecule has 6 heteroatoms. The Kier molecular flexibility index (Phi) is 3.06. The van der Waals surface area contributed by atoms with Gasteiger partial charge in [-0.05, 0) is 12.5 Å². The molecular formula is C12H10N4O2. The number of nitrogens with two attached hydrogens (primary N) is 1. The predicted molar refractivity (Wildman–Crippen MR) is 64.2 cm³/mol. The fraction of sp³-hybridized carbons (Fsp3) is 0.167. The van der Waals surface area contributed by atoms with Crippen molar-refractivity contribution in [2.75, 3.05) is 0 Å². The number of amides is 1. The second-order valence-corrected chi connectivity index (χ2v) is 3.81. The van der Waals surface area contributed by atoms with Gasteiger partial charge in [-0.15, -0.1) is 0 Å². The van der Waals surface area contributed by atoms with Crippen LogP contribution in [-0.4, -0.2) is 15.9 Å². The lowest BCUT2D eigenvalue weighted by atomic mass is 10.2.